The van der Waals surface area contributed by atoms with Crippen molar-refractivity contribution in [1.82, 2.24) is 20.2 Å². The van der Waals surface area contributed by atoms with Crippen molar-refractivity contribution in [2.24, 2.45) is 10.9 Å². The first-order valence-electron chi connectivity index (χ1n) is 9.57. The van der Waals surface area contributed by atoms with Crippen LogP contribution in [-0.4, -0.2) is 22.1 Å². The van der Waals surface area contributed by atoms with Gasteiger partial charge in [-0.05, 0) is 25.8 Å². The molecule has 0 spiro atoms. The van der Waals surface area contributed by atoms with E-state index in [0.717, 1.165) is 41.6 Å². The van der Waals surface area contributed by atoms with E-state index in [0.29, 0.717) is 19.0 Å². The number of hydrogen-bond donors (Lipinski definition) is 2. The van der Waals surface area contributed by atoms with Crippen molar-refractivity contribution in [1.29, 1.82) is 0 Å². The summed E-state index contributed by atoms with van der Waals surface area (Å²) in [6, 6.07) is 8.12. The molecule has 6 nitrogen and oxygen atoms in total. The molecule has 2 heterocycles. The van der Waals surface area contributed by atoms with Gasteiger partial charge in [0, 0.05) is 36.4 Å². The highest BCUT2D eigenvalue weighted by molar-refractivity contribution is 14.0. The zero-order valence-corrected chi connectivity index (χ0v) is 19.4. The maximum absolute atomic E-state index is 5.98. The molecular formula is C21H30IN5O. The van der Waals surface area contributed by atoms with E-state index in [9.17, 15) is 0 Å². The van der Waals surface area contributed by atoms with Gasteiger partial charge in [0.25, 0.3) is 0 Å². The van der Waals surface area contributed by atoms with E-state index in [1.807, 2.05) is 30.6 Å². The average Bonchev–Trinajstić information content (AvgIpc) is 3.21. The highest BCUT2D eigenvalue weighted by Crippen LogP contribution is 2.24. The van der Waals surface area contributed by atoms with Crippen LogP contribution in [0.15, 0.2) is 46.1 Å². The first kappa shape index (κ1) is 22.3. The second-order valence-corrected chi connectivity index (χ2v) is 7.08. The van der Waals surface area contributed by atoms with Crippen molar-refractivity contribution in [3.8, 4) is 0 Å². The maximum atomic E-state index is 5.98. The van der Waals surface area contributed by atoms with Gasteiger partial charge in [0.05, 0.1) is 6.54 Å². The predicted molar refractivity (Wildman–Crippen MR) is 125 cm³/mol. The fourth-order valence-electron chi connectivity index (χ4n) is 3.10. The smallest absolute Gasteiger partial charge is 0.192 e. The molecule has 0 bridgehead atoms. The second kappa shape index (κ2) is 10.5. The van der Waals surface area contributed by atoms with E-state index in [-0.39, 0.29) is 24.0 Å². The zero-order chi connectivity index (χ0) is 19.2. The lowest BCUT2D eigenvalue weighted by molar-refractivity contribution is 0.507. The molecule has 0 unspecified atom stereocenters. The van der Waals surface area contributed by atoms with Crippen LogP contribution in [0.3, 0.4) is 0 Å². The summed E-state index contributed by atoms with van der Waals surface area (Å²) in [4.78, 5) is 9.14. The molecule has 0 aliphatic rings. The van der Waals surface area contributed by atoms with Crippen molar-refractivity contribution >= 4 is 40.9 Å². The van der Waals surface area contributed by atoms with Crippen LogP contribution in [0, 0.1) is 12.8 Å². The summed E-state index contributed by atoms with van der Waals surface area (Å²) in [5.74, 6) is 3.24. The Labute approximate surface area is 183 Å². The van der Waals surface area contributed by atoms with Crippen LogP contribution in [0.5, 0.6) is 0 Å². The number of aryl methyl sites for hydroxylation is 1. The number of hydrogen-bond acceptors (Lipinski definition) is 3. The highest BCUT2D eigenvalue weighted by atomic mass is 127. The van der Waals surface area contributed by atoms with Gasteiger partial charge in [0.2, 0.25) is 0 Å². The second-order valence-electron chi connectivity index (χ2n) is 7.08. The van der Waals surface area contributed by atoms with Crippen LogP contribution in [0.1, 0.15) is 37.9 Å². The molecule has 2 aromatic heterocycles. The van der Waals surface area contributed by atoms with Crippen molar-refractivity contribution in [2.75, 3.05) is 6.54 Å². The van der Waals surface area contributed by atoms with Crippen LogP contribution < -0.4 is 10.6 Å². The number of nitrogens with zero attached hydrogens (tertiary/aromatic N) is 3. The van der Waals surface area contributed by atoms with Gasteiger partial charge in [-0.1, -0.05) is 32.0 Å². The molecule has 0 aliphatic heterocycles. The van der Waals surface area contributed by atoms with Crippen molar-refractivity contribution < 1.29 is 4.42 Å². The summed E-state index contributed by atoms with van der Waals surface area (Å²) >= 11 is 0. The summed E-state index contributed by atoms with van der Waals surface area (Å²) in [5.41, 5.74) is 2.09. The monoisotopic (exact) mass is 495 g/mol. The van der Waals surface area contributed by atoms with E-state index in [1.54, 1.807) is 0 Å². The quantitative estimate of drug-likeness (QED) is 0.289. The summed E-state index contributed by atoms with van der Waals surface area (Å²) in [5, 5.41) is 7.82. The minimum atomic E-state index is 0. The first-order chi connectivity index (χ1) is 13.1. The third kappa shape index (κ3) is 5.50. The number of fused-ring (bicyclic) bond motifs is 1. The normalized spacial score (nSPS) is 11.7. The Bertz CT molecular complexity index is 913. The molecule has 0 aliphatic carbocycles. The van der Waals surface area contributed by atoms with E-state index in [2.05, 4.69) is 53.9 Å². The average molecular weight is 495 g/mol. The van der Waals surface area contributed by atoms with E-state index >= 15 is 0 Å². The number of benzene rings is 1. The topological polar surface area (TPSA) is 67.4 Å². The lowest BCUT2D eigenvalue weighted by Crippen LogP contribution is -2.36. The molecule has 3 aromatic rings. The molecule has 0 atom stereocenters. The van der Waals surface area contributed by atoms with Gasteiger partial charge in [-0.2, -0.15) is 0 Å². The van der Waals surface area contributed by atoms with Crippen molar-refractivity contribution in [2.45, 2.75) is 47.3 Å². The predicted octanol–water partition coefficient (Wildman–Crippen LogP) is 4.47. The van der Waals surface area contributed by atoms with Crippen LogP contribution in [0.25, 0.3) is 11.0 Å². The maximum Gasteiger partial charge on any atom is 0.192 e. The lowest BCUT2D eigenvalue weighted by atomic mass is 10.1. The zero-order valence-electron chi connectivity index (χ0n) is 17.0. The number of furan rings is 1. The van der Waals surface area contributed by atoms with E-state index < -0.39 is 0 Å². The Kier molecular flexibility index (Phi) is 8.35. The van der Waals surface area contributed by atoms with Gasteiger partial charge in [-0.15, -0.1) is 24.0 Å². The SMILES string of the molecule is CCNC(=NCc1nccn1CC(C)C)NCc1oc2ccccc2c1C.I. The first-order valence-corrected chi connectivity index (χ1v) is 9.57. The number of nitrogens with one attached hydrogen (secondary N) is 2. The standard InChI is InChI=1S/C21H29N5O.HI/c1-5-22-21(25-13-20-23-10-11-26(20)14-15(2)3)24-12-19-16(4)17-8-6-7-9-18(17)27-19;/h6-11,15H,5,12-14H2,1-4H3,(H2,22,24,25);1H. The Balaban J connectivity index is 0.00000280. The Morgan fingerprint density at radius 1 is 1.25 bits per heavy atom. The lowest BCUT2D eigenvalue weighted by Gasteiger charge is -2.12. The fourth-order valence-corrected chi connectivity index (χ4v) is 3.10. The molecule has 0 fully saturated rings. The van der Waals surface area contributed by atoms with Crippen LogP contribution in [0.2, 0.25) is 0 Å². The minimum Gasteiger partial charge on any atom is -0.459 e. The van der Waals surface area contributed by atoms with Gasteiger partial charge in [0.15, 0.2) is 5.96 Å². The van der Waals surface area contributed by atoms with E-state index in [1.165, 1.54) is 5.56 Å². The van der Waals surface area contributed by atoms with E-state index in [4.69, 9.17) is 9.41 Å². The van der Waals surface area contributed by atoms with Crippen LogP contribution in [0.4, 0.5) is 0 Å². The molecule has 28 heavy (non-hydrogen) atoms. The van der Waals surface area contributed by atoms with Gasteiger partial charge < -0.3 is 19.6 Å². The van der Waals surface area contributed by atoms with Gasteiger partial charge in [0.1, 0.15) is 23.7 Å². The number of rotatable bonds is 7. The summed E-state index contributed by atoms with van der Waals surface area (Å²) in [7, 11) is 0. The number of para-hydroxylation sites is 1. The summed E-state index contributed by atoms with van der Waals surface area (Å²) in [6.45, 7) is 11.4. The number of aromatic nitrogens is 2. The number of aliphatic imine (C=N–C) groups is 1. The Hall–Kier alpha value is -2.03. The molecular weight excluding hydrogens is 465 g/mol. The molecule has 0 saturated heterocycles. The molecule has 1 aromatic carbocycles. The van der Waals surface area contributed by atoms with Crippen molar-refractivity contribution in [3.63, 3.8) is 0 Å². The third-order valence-electron chi connectivity index (χ3n) is 4.45. The molecule has 152 valence electrons. The van der Waals surface area contributed by atoms with Gasteiger partial charge in [-0.3, -0.25) is 0 Å². The van der Waals surface area contributed by atoms with Gasteiger partial charge >= 0.3 is 0 Å². The molecule has 2 N–H and O–H groups in total. The summed E-state index contributed by atoms with van der Waals surface area (Å²) < 4.78 is 8.15. The molecule has 0 amide bonds. The Morgan fingerprint density at radius 3 is 2.75 bits per heavy atom. The number of guanidine groups is 1. The van der Waals surface area contributed by atoms with Crippen LogP contribution >= 0.6 is 24.0 Å². The molecule has 0 radical (unpaired) electrons. The third-order valence-corrected chi connectivity index (χ3v) is 4.45. The fraction of sp³-hybridized carbons (Fsp3) is 0.429. The Morgan fingerprint density at radius 2 is 2.04 bits per heavy atom. The highest BCUT2D eigenvalue weighted by Gasteiger charge is 2.10. The van der Waals surface area contributed by atoms with Crippen LogP contribution in [-0.2, 0) is 19.6 Å². The van der Waals surface area contributed by atoms with Gasteiger partial charge in [-0.25, -0.2) is 9.98 Å². The molecule has 7 heteroatoms. The largest absolute Gasteiger partial charge is 0.459 e. The van der Waals surface area contributed by atoms with Crippen molar-refractivity contribution in [3.05, 3.63) is 53.8 Å². The number of imidazole rings is 1. The summed E-state index contributed by atoms with van der Waals surface area (Å²) in [6.07, 6.45) is 3.86. The molecule has 3 rings (SSSR count). The molecule has 0 saturated carbocycles. The minimum absolute atomic E-state index is 0. The number of halogens is 1.